The highest BCUT2D eigenvalue weighted by Crippen LogP contribution is 2.72. The van der Waals surface area contributed by atoms with Gasteiger partial charge in [0.15, 0.2) is 0 Å². The van der Waals surface area contributed by atoms with Gasteiger partial charge in [-0.05, 0) is 339 Å². The van der Waals surface area contributed by atoms with E-state index in [9.17, 15) is 0 Å². The standard InChI is InChI=1S/2C64H48N2/c1-3-13-42(14-4-1)44-23-28-61(54(36-44)43-15-5-2-6-16-43)66-60-22-12-9-19-53(60)56-38-46(25-30-63(56)66)45-24-29-62-55(37-45)52-18-8-11-21-59(52)65(62)49-26-27-51-50-17-7-10-20-57(50)64(58(51)39-49)47-32-40-31-41(34-47)35-48(64)33-40;1-2-10-42(11-3-1)43-18-20-44(21-19-43)45-22-26-50(27-23-45)65-60-16-8-5-13-54(60)56-37-46(24-30-62(56)65)47-25-31-63-57(38-47)55-14-6-9-17-61(55)66(63)51-28-29-53-52-12-4-7-15-58(52)64(59(53)39-51)48-33-40-32-41(35-48)36-49(64)34-40/h1-30,36-41,47-48H,31-35H2;1-31,37-41,48-49H,32-36H2. The van der Waals surface area contributed by atoms with Gasteiger partial charge in [0.1, 0.15) is 0 Å². The molecule has 8 fully saturated rings. The molecule has 18 aromatic carbocycles. The van der Waals surface area contributed by atoms with Crippen LogP contribution in [0, 0.1) is 47.3 Å². The molecule has 0 N–H and O–H groups in total. The van der Waals surface area contributed by atoms with Gasteiger partial charge >= 0.3 is 0 Å². The number of aromatic nitrogens is 4. The monoisotopic (exact) mass is 1690 g/mol. The highest BCUT2D eigenvalue weighted by molar-refractivity contribution is 6.16. The Balaban J connectivity index is 0.000000129. The topological polar surface area (TPSA) is 19.7 Å². The Labute approximate surface area is 769 Å². The van der Waals surface area contributed by atoms with Crippen molar-refractivity contribution in [3.8, 4) is 112 Å². The second-order valence-corrected chi connectivity index (χ2v) is 40.2. The molecule has 22 aromatic rings. The molecule has 4 aromatic heterocycles. The average molecular weight is 1690 g/mol. The number of fused-ring (bicyclic) bond motifs is 18. The van der Waals surface area contributed by atoms with Gasteiger partial charge in [-0.25, -0.2) is 0 Å². The van der Waals surface area contributed by atoms with E-state index in [4.69, 9.17) is 0 Å². The molecule has 4 heteroatoms. The number of para-hydroxylation sites is 4. The number of nitrogens with zero attached hydrogens (tertiary/aromatic N) is 4. The normalized spacial score (nSPS) is 21.4. The third kappa shape index (κ3) is 11.0. The minimum atomic E-state index is 0.137. The van der Waals surface area contributed by atoms with Gasteiger partial charge in [0.05, 0.1) is 49.8 Å². The predicted molar refractivity (Wildman–Crippen MR) is 549 cm³/mol. The molecule has 628 valence electrons. The number of hydrogen-bond acceptors (Lipinski definition) is 0. The van der Waals surface area contributed by atoms with Crippen molar-refractivity contribution in [1.82, 2.24) is 18.3 Å². The van der Waals surface area contributed by atoms with E-state index in [0.717, 1.165) is 53.0 Å². The van der Waals surface area contributed by atoms with Crippen molar-refractivity contribution in [2.75, 3.05) is 0 Å². The van der Waals surface area contributed by atoms with Crippen molar-refractivity contribution in [3.05, 3.63) is 435 Å². The van der Waals surface area contributed by atoms with Gasteiger partial charge in [-0.2, -0.15) is 0 Å². The fraction of sp³-hybridized carbons (Fsp3) is 0.156. The van der Waals surface area contributed by atoms with Crippen LogP contribution in [0.4, 0.5) is 0 Å². The molecular formula is C128H96N4. The summed E-state index contributed by atoms with van der Waals surface area (Å²) in [6, 6.07) is 156. The maximum atomic E-state index is 2.64. The van der Waals surface area contributed by atoms with Gasteiger partial charge in [-0.3, -0.25) is 0 Å². The van der Waals surface area contributed by atoms with Gasteiger partial charge in [-0.1, -0.05) is 291 Å². The predicted octanol–water partition coefficient (Wildman–Crippen LogP) is 33.2. The molecule has 2 spiro atoms. The molecular weight excluding hydrogens is 1590 g/mol. The zero-order chi connectivity index (χ0) is 86.2. The molecule has 132 heavy (non-hydrogen) atoms. The van der Waals surface area contributed by atoms with Gasteiger partial charge in [0.25, 0.3) is 0 Å². The molecule has 8 saturated carbocycles. The van der Waals surface area contributed by atoms with Gasteiger partial charge in [-0.15, -0.1) is 0 Å². The summed E-state index contributed by atoms with van der Waals surface area (Å²) < 4.78 is 10.0. The molecule has 8 bridgehead atoms. The molecule has 0 saturated heterocycles. The summed E-state index contributed by atoms with van der Waals surface area (Å²) >= 11 is 0. The van der Waals surface area contributed by atoms with Crippen LogP contribution in [0.1, 0.15) is 86.5 Å². The highest BCUT2D eigenvalue weighted by atomic mass is 15.0. The molecule has 0 amide bonds. The zero-order valence-electron chi connectivity index (χ0n) is 73.7. The summed E-state index contributed by atoms with van der Waals surface area (Å²) in [6.45, 7) is 0. The summed E-state index contributed by atoms with van der Waals surface area (Å²) in [4.78, 5) is 0. The molecule has 10 aliphatic carbocycles. The molecule has 0 aliphatic heterocycles. The van der Waals surface area contributed by atoms with E-state index in [0.29, 0.717) is 0 Å². The van der Waals surface area contributed by atoms with Gasteiger partial charge in [0, 0.05) is 76.5 Å². The maximum Gasteiger partial charge on any atom is 0.0541 e. The van der Waals surface area contributed by atoms with E-state index >= 15 is 0 Å². The van der Waals surface area contributed by atoms with Crippen molar-refractivity contribution in [2.24, 2.45) is 47.3 Å². The first-order valence-electron chi connectivity index (χ1n) is 48.5. The third-order valence-corrected chi connectivity index (χ3v) is 33.8. The first kappa shape index (κ1) is 75.0. The summed E-state index contributed by atoms with van der Waals surface area (Å²) in [5.41, 5.74) is 42.2. The van der Waals surface area contributed by atoms with Crippen molar-refractivity contribution >= 4 is 87.2 Å². The summed E-state index contributed by atoms with van der Waals surface area (Å²) in [6.07, 6.45) is 14.1. The Bertz CT molecular complexity index is 8470. The first-order chi connectivity index (χ1) is 65.4. The lowest BCUT2D eigenvalue weighted by molar-refractivity contribution is -0.0399. The molecule has 32 rings (SSSR count). The molecule has 0 atom stereocenters. The minimum absolute atomic E-state index is 0.137. The first-order valence-corrected chi connectivity index (χ1v) is 48.5. The second kappa shape index (κ2) is 28.8. The smallest absolute Gasteiger partial charge is 0.0541 e. The quantitative estimate of drug-likeness (QED) is 0.130. The SMILES string of the molecule is c1ccc(-c2ccc(-c3ccc(-n4c5ccccc5c5cc(-c6ccc7c(c6)c6ccccc6n7-c6ccc7c(c6)C6(c8ccccc8-7)C7CC8CC(C7)CC6C8)ccc54)cc3)cc2)cc1.c1ccc(-c2ccc(-n3c4ccccc4c4cc(-c5ccc6c(c5)c5ccccc5n6-c5ccc6c(c5)C5(c7ccccc7-6)C6CC7CC(C6)CC5C7)ccc43)c(-c3ccccc3)c2)cc1. The number of rotatable bonds is 10. The number of hydrogen-bond donors (Lipinski definition) is 0. The molecule has 10 aliphatic rings. The van der Waals surface area contributed by atoms with Crippen LogP contribution in [0.3, 0.4) is 0 Å². The Hall–Kier alpha value is -14.8. The van der Waals surface area contributed by atoms with Crippen LogP contribution in [-0.2, 0) is 10.8 Å². The van der Waals surface area contributed by atoms with E-state index in [1.54, 1.807) is 22.3 Å². The Morgan fingerprint density at radius 3 is 0.818 bits per heavy atom. The van der Waals surface area contributed by atoms with E-state index in [-0.39, 0.29) is 10.8 Å². The highest BCUT2D eigenvalue weighted by Gasteiger charge is 2.63. The minimum Gasteiger partial charge on any atom is -0.309 e. The Kier molecular flexibility index (Phi) is 16.4. The Morgan fingerprint density at radius 2 is 0.424 bits per heavy atom. The lowest BCUT2D eigenvalue weighted by Crippen LogP contribution is -2.55. The fourth-order valence-corrected chi connectivity index (χ4v) is 28.9. The van der Waals surface area contributed by atoms with Crippen molar-refractivity contribution in [2.45, 2.75) is 75.0 Å². The maximum absolute atomic E-state index is 2.64. The van der Waals surface area contributed by atoms with Gasteiger partial charge < -0.3 is 18.3 Å². The number of benzene rings is 18. The summed E-state index contributed by atoms with van der Waals surface area (Å²) in [7, 11) is 0. The summed E-state index contributed by atoms with van der Waals surface area (Å²) in [5.74, 6) is 6.67. The van der Waals surface area contributed by atoms with Crippen LogP contribution >= 0.6 is 0 Å². The lowest BCUT2D eigenvalue weighted by atomic mass is 9.43. The molecule has 4 heterocycles. The second-order valence-electron chi connectivity index (χ2n) is 40.2. The van der Waals surface area contributed by atoms with Gasteiger partial charge in [0.2, 0.25) is 0 Å². The summed E-state index contributed by atoms with van der Waals surface area (Å²) in [5, 5.41) is 10.2. The molecule has 0 unspecified atom stereocenters. The zero-order valence-corrected chi connectivity index (χ0v) is 73.7. The van der Waals surface area contributed by atoms with Crippen LogP contribution < -0.4 is 0 Å². The van der Waals surface area contributed by atoms with Crippen LogP contribution in [0.5, 0.6) is 0 Å². The van der Waals surface area contributed by atoms with E-state index in [1.807, 2.05) is 0 Å². The van der Waals surface area contributed by atoms with Crippen LogP contribution in [0.15, 0.2) is 413 Å². The van der Waals surface area contributed by atoms with Crippen LogP contribution in [0.25, 0.3) is 199 Å². The van der Waals surface area contributed by atoms with Crippen LogP contribution in [-0.4, -0.2) is 18.3 Å². The molecule has 4 nitrogen and oxygen atoms in total. The van der Waals surface area contributed by atoms with E-state index in [2.05, 4.69) is 431 Å². The van der Waals surface area contributed by atoms with Crippen LogP contribution in [0.2, 0.25) is 0 Å². The third-order valence-electron chi connectivity index (χ3n) is 33.8. The fourth-order valence-electron chi connectivity index (χ4n) is 28.9. The van der Waals surface area contributed by atoms with Crippen molar-refractivity contribution in [3.63, 3.8) is 0 Å². The largest absolute Gasteiger partial charge is 0.309 e. The molecule has 0 radical (unpaired) electrons. The average Bonchev–Trinajstić information content (AvgIpc) is 1.54. The van der Waals surface area contributed by atoms with Crippen molar-refractivity contribution < 1.29 is 0 Å². The van der Waals surface area contributed by atoms with E-state index in [1.165, 1.54) is 258 Å². The Morgan fingerprint density at radius 1 is 0.159 bits per heavy atom. The van der Waals surface area contributed by atoms with E-state index < -0.39 is 0 Å². The lowest BCUT2D eigenvalue weighted by Gasteiger charge is -2.61. The van der Waals surface area contributed by atoms with Crippen molar-refractivity contribution in [1.29, 1.82) is 0 Å².